The topological polar surface area (TPSA) is 59.4 Å². The number of rotatable bonds is 4. The number of imidazole rings is 1. The first kappa shape index (κ1) is 20.4. The lowest BCUT2D eigenvalue weighted by atomic mass is 9.91. The average Bonchev–Trinajstić information content (AvgIpc) is 3.38. The van der Waals surface area contributed by atoms with Gasteiger partial charge in [-0.05, 0) is 58.4 Å². The molecule has 6 nitrogen and oxygen atoms in total. The number of nitrogens with zero attached hydrogens (tertiary/aromatic N) is 3. The predicted octanol–water partition coefficient (Wildman–Crippen LogP) is 4.20. The monoisotopic (exact) mass is 460 g/mol. The van der Waals surface area contributed by atoms with Crippen LogP contribution < -0.4 is 5.32 Å². The van der Waals surface area contributed by atoms with Crippen molar-refractivity contribution in [3.05, 3.63) is 51.5 Å². The minimum atomic E-state index is -0.497. The van der Waals surface area contributed by atoms with E-state index in [0.717, 1.165) is 41.1 Å². The van der Waals surface area contributed by atoms with Crippen molar-refractivity contribution in [2.75, 3.05) is 13.6 Å². The van der Waals surface area contributed by atoms with Crippen LogP contribution in [0.25, 0.3) is 0 Å². The van der Waals surface area contributed by atoms with Gasteiger partial charge in [0.05, 0.1) is 24.5 Å². The number of ether oxygens (including phenoxy) is 1. The number of carbonyl (C=O) groups is 1. The van der Waals surface area contributed by atoms with Gasteiger partial charge in [-0.3, -0.25) is 0 Å². The maximum atomic E-state index is 12.7. The summed E-state index contributed by atoms with van der Waals surface area (Å²) in [6.45, 7) is 8.35. The molecule has 1 aliphatic carbocycles. The molecule has 0 bridgehead atoms. The van der Waals surface area contributed by atoms with Gasteiger partial charge in [-0.25, -0.2) is 9.78 Å². The molecule has 2 aliphatic rings. The van der Waals surface area contributed by atoms with Crippen LogP contribution in [0.15, 0.2) is 28.7 Å². The fourth-order valence-corrected chi connectivity index (χ4v) is 4.57. The number of carbonyl (C=O) groups excluding carboxylic acids is 1. The minimum absolute atomic E-state index is 0.0518. The molecule has 1 aromatic carbocycles. The fourth-order valence-electron chi connectivity index (χ4n) is 4.17. The van der Waals surface area contributed by atoms with Crippen LogP contribution in [0.5, 0.6) is 0 Å². The minimum Gasteiger partial charge on any atom is -0.444 e. The highest BCUT2D eigenvalue weighted by Gasteiger charge is 2.50. The lowest BCUT2D eigenvalue weighted by Gasteiger charge is -2.32. The predicted molar refractivity (Wildman–Crippen MR) is 116 cm³/mol. The van der Waals surface area contributed by atoms with E-state index in [9.17, 15) is 4.79 Å². The normalized spacial score (nSPS) is 17.8. The maximum absolute atomic E-state index is 12.7. The molecule has 1 aromatic heterocycles. The van der Waals surface area contributed by atoms with Gasteiger partial charge in [-0.2, -0.15) is 0 Å². The van der Waals surface area contributed by atoms with Gasteiger partial charge in [0.25, 0.3) is 0 Å². The zero-order chi connectivity index (χ0) is 20.8. The van der Waals surface area contributed by atoms with Crippen molar-refractivity contribution in [3.8, 4) is 0 Å². The molecule has 1 fully saturated rings. The van der Waals surface area contributed by atoms with E-state index in [2.05, 4.69) is 50.1 Å². The van der Waals surface area contributed by atoms with Gasteiger partial charge >= 0.3 is 6.09 Å². The van der Waals surface area contributed by atoms with Gasteiger partial charge in [0.2, 0.25) is 0 Å². The van der Waals surface area contributed by atoms with Gasteiger partial charge < -0.3 is 19.5 Å². The highest BCUT2D eigenvalue weighted by Crippen LogP contribution is 2.54. The van der Waals surface area contributed by atoms with E-state index >= 15 is 0 Å². The zero-order valence-electron chi connectivity index (χ0n) is 17.6. The molecule has 2 heterocycles. The van der Waals surface area contributed by atoms with Crippen molar-refractivity contribution in [1.29, 1.82) is 0 Å². The Morgan fingerprint density at radius 1 is 1.31 bits per heavy atom. The number of hydrogen-bond donors (Lipinski definition) is 1. The van der Waals surface area contributed by atoms with E-state index in [4.69, 9.17) is 9.72 Å². The molecule has 0 atom stereocenters. The molecule has 156 valence electrons. The highest BCUT2D eigenvalue weighted by molar-refractivity contribution is 9.10. The van der Waals surface area contributed by atoms with Crippen molar-refractivity contribution < 1.29 is 9.53 Å². The van der Waals surface area contributed by atoms with Crippen LogP contribution in [0.2, 0.25) is 0 Å². The van der Waals surface area contributed by atoms with E-state index in [0.29, 0.717) is 19.6 Å². The van der Waals surface area contributed by atoms with Crippen LogP contribution in [-0.4, -0.2) is 39.7 Å². The van der Waals surface area contributed by atoms with E-state index < -0.39 is 5.60 Å². The Morgan fingerprint density at radius 3 is 2.69 bits per heavy atom. The molecular formula is C22H29BrN4O2. The molecule has 0 saturated heterocycles. The second-order valence-corrected chi connectivity index (χ2v) is 9.92. The smallest absolute Gasteiger partial charge is 0.410 e. The van der Waals surface area contributed by atoms with E-state index in [1.165, 1.54) is 5.56 Å². The molecule has 1 N–H and O–H groups in total. The maximum Gasteiger partial charge on any atom is 0.410 e. The summed E-state index contributed by atoms with van der Waals surface area (Å²) in [5, 5.41) is 3.24. The molecule has 0 radical (unpaired) electrons. The molecule has 0 unspecified atom stereocenters. The zero-order valence-corrected chi connectivity index (χ0v) is 19.2. The Labute approximate surface area is 180 Å². The SMILES string of the molecule is CNCc1nc(C2(c3cccc(Br)c3)CC2)c2n1CCN(C(=O)OC(C)(C)C)C2. The largest absolute Gasteiger partial charge is 0.444 e. The average molecular weight is 461 g/mol. The highest BCUT2D eigenvalue weighted by atomic mass is 79.9. The standard InChI is InChI=1S/C22H29BrN4O2/c1-21(2,3)29-20(28)26-10-11-27-17(14-26)19(25-18(27)13-24-4)22(8-9-22)15-6-5-7-16(23)12-15/h5-7,12,24H,8-11,13-14H2,1-4H3. The van der Waals surface area contributed by atoms with Crippen molar-refractivity contribution >= 4 is 22.0 Å². The lowest BCUT2D eigenvalue weighted by Crippen LogP contribution is -2.42. The van der Waals surface area contributed by atoms with Gasteiger partial charge in [-0.15, -0.1) is 0 Å². The first-order chi connectivity index (χ1) is 13.7. The number of aromatic nitrogens is 2. The van der Waals surface area contributed by atoms with Crippen LogP contribution in [0.3, 0.4) is 0 Å². The summed E-state index contributed by atoms with van der Waals surface area (Å²) in [5.41, 5.74) is 3.00. The summed E-state index contributed by atoms with van der Waals surface area (Å²) < 4.78 is 9.01. The van der Waals surface area contributed by atoms with Gasteiger partial charge in [0.15, 0.2) is 0 Å². The van der Waals surface area contributed by atoms with Crippen molar-refractivity contribution in [3.63, 3.8) is 0 Å². The molecule has 1 amide bonds. The fraction of sp³-hybridized carbons (Fsp3) is 0.545. The van der Waals surface area contributed by atoms with E-state index in [1.807, 2.05) is 32.7 Å². The summed E-state index contributed by atoms with van der Waals surface area (Å²) in [4.78, 5) is 19.6. The molecule has 29 heavy (non-hydrogen) atoms. The molecule has 0 spiro atoms. The summed E-state index contributed by atoms with van der Waals surface area (Å²) in [7, 11) is 1.94. The van der Waals surface area contributed by atoms with Crippen LogP contribution in [0.1, 0.15) is 56.4 Å². The molecule has 4 rings (SSSR count). The molecule has 2 aromatic rings. The summed E-state index contributed by atoms with van der Waals surface area (Å²) >= 11 is 3.61. The van der Waals surface area contributed by atoms with Crippen LogP contribution in [0, 0.1) is 0 Å². The van der Waals surface area contributed by atoms with E-state index in [1.54, 1.807) is 0 Å². The third-order valence-corrected chi connectivity index (χ3v) is 6.15. The third kappa shape index (κ3) is 3.94. The molecule has 1 saturated carbocycles. The number of hydrogen-bond acceptors (Lipinski definition) is 4. The Kier molecular flexibility index (Phi) is 5.23. The second-order valence-electron chi connectivity index (χ2n) is 9.00. The summed E-state index contributed by atoms with van der Waals surface area (Å²) in [6, 6.07) is 8.53. The van der Waals surface area contributed by atoms with Gasteiger partial charge in [0, 0.05) is 23.0 Å². The Morgan fingerprint density at radius 2 is 2.07 bits per heavy atom. The third-order valence-electron chi connectivity index (χ3n) is 5.65. The Balaban J connectivity index is 1.71. The van der Waals surface area contributed by atoms with Gasteiger partial charge in [0.1, 0.15) is 11.4 Å². The van der Waals surface area contributed by atoms with E-state index in [-0.39, 0.29) is 11.5 Å². The summed E-state index contributed by atoms with van der Waals surface area (Å²) in [6.07, 6.45) is 1.91. The number of halogens is 1. The molecule has 7 heteroatoms. The van der Waals surface area contributed by atoms with Crippen molar-refractivity contribution in [1.82, 2.24) is 19.8 Å². The molecule has 1 aliphatic heterocycles. The van der Waals surface area contributed by atoms with Crippen LogP contribution >= 0.6 is 15.9 Å². The van der Waals surface area contributed by atoms with Gasteiger partial charge in [-0.1, -0.05) is 28.1 Å². The Hall–Kier alpha value is -1.86. The quantitative estimate of drug-likeness (QED) is 0.742. The Bertz CT molecular complexity index is 927. The number of fused-ring (bicyclic) bond motifs is 1. The number of amides is 1. The van der Waals surface area contributed by atoms with Crippen molar-refractivity contribution in [2.45, 2.75) is 64.3 Å². The number of nitrogens with one attached hydrogen (secondary N) is 1. The van der Waals surface area contributed by atoms with Crippen LogP contribution in [-0.2, 0) is 29.8 Å². The first-order valence-corrected chi connectivity index (χ1v) is 11.0. The molecular weight excluding hydrogens is 432 g/mol. The van der Waals surface area contributed by atoms with Crippen LogP contribution in [0.4, 0.5) is 4.79 Å². The second kappa shape index (κ2) is 7.43. The van der Waals surface area contributed by atoms with Crippen molar-refractivity contribution in [2.24, 2.45) is 0 Å². The number of benzene rings is 1. The first-order valence-electron chi connectivity index (χ1n) is 10.2. The summed E-state index contributed by atoms with van der Waals surface area (Å²) in [5.74, 6) is 1.04. The lowest BCUT2D eigenvalue weighted by molar-refractivity contribution is 0.0197.